The number of unbranched alkanes of at least 4 members (excludes halogenated alkanes) is 2. The monoisotopic (exact) mass is 188 g/mol. The van der Waals surface area contributed by atoms with Crippen LogP contribution in [0.3, 0.4) is 0 Å². The van der Waals surface area contributed by atoms with E-state index in [2.05, 4.69) is 34.3 Å². The average Bonchev–Trinajstić information content (AvgIpc) is 2.12. The van der Waals surface area contributed by atoms with Crippen LogP contribution in [0.15, 0.2) is 12.7 Å². The Morgan fingerprint density at radius 1 is 0.923 bits per heavy atom. The Hall–Kier alpha value is -0.260. The first-order chi connectivity index (χ1) is 6.24. The number of hydrogen-bond acceptors (Lipinski definition) is 0. The first kappa shape index (κ1) is 23.0. The summed E-state index contributed by atoms with van der Waals surface area (Å²) in [5.74, 6) is 0. The van der Waals surface area contributed by atoms with Crippen molar-refractivity contribution in [2.24, 2.45) is 0 Å². The Labute approximate surface area is 87.4 Å². The molecule has 0 saturated heterocycles. The van der Waals surface area contributed by atoms with E-state index in [0.717, 1.165) is 0 Å². The van der Waals surface area contributed by atoms with Crippen LogP contribution < -0.4 is 0 Å². The molecule has 0 nitrogen and oxygen atoms in total. The number of hydrogen-bond donors (Lipinski definition) is 0. The standard InChI is InChI=1S/C5H12.C3H8.C3H6.C2H6/c1-3-5-4-2;2*1-3-2;1-2/h3-5H2,1-2H3;3H2,1-2H3;3H,1H2,2H3;1-2H3. The van der Waals surface area contributed by atoms with Gasteiger partial charge in [-0.05, 0) is 6.92 Å². The molecule has 0 aromatic heterocycles. The highest BCUT2D eigenvalue weighted by molar-refractivity contribution is 4.51. The fourth-order valence-corrected chi connectivity index (χ4v) is 0.354. The summed E-state index contributed by atoms with van der Waals surface area (Å²) in [4.78, 5) is 0. The molecule has 0 atom stereocenters. The Bertz CT molecular complexity index is 35.3. The van der Waals surface area contributed by atoms with E-state index in [1.54, 1.807) is 6.08 Å². The van der Waals surface area contributed by atoms with Crippen molar-refractivity contribution in [3.63, 3.8) is 0 Å². The van der Waals surface area contributed by atoms with Gasteiger partial charge in [0.25, 0.3) is 0 Å². The largest absolute Gasteiger partial charge is 0.103 e. The Balaban J connectivity index is -0.0000000446. The van der Waals surface area contributed by atoms with Gasteiger partial charge in [0.1, 0.15) is 0 Å². The average molecular weight is 188 g/mol. The minimum absolute atomic E-state index is 1.25. The van der Waals surface area contributed by atoms with E-state index >= 15 is 0 Å². The van der Waals surface area contributed by atoms with Crippen molar-refractivity contribution in [2.75, 3.05) is 0 Å². The molecular formula is C13H32. The van der Waals surface area contributed by atoms with Gasteiger partial charge in [-0.2, -0.15) is 0 Å². The van der Waals surface area contributed by atoms with E-state index in [-0.39, 0.29) is 0 Å². The van der Waals surface area contributed by atoms with Gasteiger partial charge < -0.3 is 0 Å². The summed E-state index contributed by atoms with van der Waals surface area (Å²) in [5.41, 5.74) is 0. The van der Waals surface area contributed by atoms with Gasteiger partial charge in [-0.3, -0.25) is 0 Å². The lowest BCUT2D eigenvalue weighted by Crippen LogP contribution is -1.59. The predicted molar refractivity (Wildman–Crippen MR) is 68.4 cm³/mol. The summed E-state index contributed by atoms with van der Waals surface area (Å²) in [7, 11) is 0. The first-order valence-corrected chi connectivity index (χ1v) is 5.81. The van der Waals surface area contributed by atoms with Crippen LogP contribution in [0.4, 0.5) is 0 Å². The van der Waals surface area contributed by atoms with Crippen LogP contribution in [-0.2, 0) is 0 Å². The minimum Gasteiger partial charge on any atom is -0.103 e. The van der Waals surface area contributed by atoms with Gasteiger partial charge in [0.2, 0.25) is 0 Å². The highest BCUT2D eigenvalue weighted by Crippen LogP contribution is 1.88. The van der Waals surface area contributed by atoms with Crippen LogP contribution in [0.25, 0.3) is 0 Å². The zero-order chi connectivity index (χ0) is 11.5. The Morgan fingerprint density at radius 2 is 1.08 bits per heavy atom. The first-order valence-electron chi connectivity index (χ1n) is 5.81. The van der Waals surface area contributed by atoms with Crippen molar-refractivity contribution in [1.29, 1.82) is 0 Å². The van der Waals surface area contributed by atoms with E-state index in [0.29, 0.717) is 0 Å². The van der Waals surface area contributed by atoms with Crippen molar-refractivity contribution in [3.05, 3.63) is 12.7 Å². The third-order valence-corrected chi connectivity index (χ3v) is 0.707. The molecule has 0 heteroatoms. The molecule has 0 N–H and O–H groups in total. The van der Waals surface area contributed by atoms with Crippen LogP contribution in [0.2, 0.25) is 0 Å². The number of rotatable bonds is 2. The van der Waals surface area contributed by atoms with Crippen molar-refractivity contribution in [3.8, 4) is 0 Å². The highest BCUT2D eigenvalue weighted by atomic mass is 13.7. The molecule has 84 valence electrons. The van der Waals surface area contributed by atoms with E-state index in [4.69, 9.17) is 0 Å². The molecule has 0 aromatic carbocycles. The van der Waals surface area contributed by atoms with Gasteiger partial charge in [0, 0.05) is 0 Å². The van der Waals surface area contributed by atoms with E-state index < -0.39 is 0 Å². The van der Waals surface area contributed by atoms with Crippen LogP contribution in [0, 0.1) is 0 Å². The molecule has 0 saturated carbocycles. The lowest BCUT2D eigenvalue weighted by Gasteiger charge is -1.79. The molecule has 0 aliphatic rings. The summed E-state index contributed by atoms with van der Waals surface area (Å²) < 4.78 is 0. The second-order valence-electron chi connectivity index (χ2n) is 2.47. The predicted octanol–water partition coefficient (Wildman–Crippen LogP) is 5.83. The molecule has 0 aliphatic carbocycles. The molecule has 0 fully saturated rings. The van der Waals surface area contributed by atoms with Gasteiger partial charge in [-0.1, -0.05) is 73.3 Å². The lowest BCUT2D eigenvalue weighted by molar-refractivity contribution is 0.772. The molecular weight excluding hydrogens is 156 g/mol. The fourth-order valence-electron chi connectivity index (χ4n) is 0.354. The highest BCUT2D eigenvalue weighted by Gasteiger charge is 1.68. The van der Waals surface area contributed by atoms with Gasteiger partial charge >= 0.3 is 0 Å². The summed E-state index contributed by atoms with van der Waals surface area (Å²) in [6.07, 6.45) is 7.08. The molecule has 0 aliphatic heterocycles. The molecule has 0 unspecified atom stereocenters. The maximum absolute atomic E-state index is 3.36. The maximum atomic E-state index is 3.36. The van der Waals surface area contributed by atoms with Crippen LogP contribution in [-0.4, -0.2) is 0 Å². The third-order valence-electron chi connectivity index (χ3n) is 0.707. The zero-order valence-corrected chi connectivity index (χ0v) is 11.1. The number of allylic oxidation sites excluding steroid dienone is 1. The van der Waals surface area contributed by atoms with Crippen molar-refractivity contribution in [2.45, 2.75) is 74.1 Å². The van der Waals surface area contributed by atoms with Crippen LogP contribution in [0.5, 0.6) is 0 Å². The minimum atomic E-state index is 1.25. The summed E-state index contributed by atoms with van der Waals surface area (Å²) in [6, 6.07) is 0. The van der Waals surface area contributed by atoms with E-state index in [1.165, 1.54) is 25.7 Å². The van der Waals surface area contributed by atoms with Gasteiger partial charge in [-0.25, -0.2) is 0 Å². The summed E-state index contributed by atoms with van der Waals surface area (Å²) in [6.45, 7) is 17.9. The van der Waals surface area contributed by atoms with Gasteiger partial charge in [0.05, 0.1) is 0 Å². The maximum Gasteiger partial charge on any atom is -0.0473 e. The molecule has 0 spiro atoms. The molecule has 0 rings (SSSR count). The molecule has 0 aromatic rings. The van der Waals surface area contributed by atoms with Crippen LogP contribution >= 0.6 is 0 Å². The third kappa shape index (κ3) is 368. The molecule has 0 bridgehead atoms. The molecule has 0 heterocycles. The second-order valence-corrected chi connectivity index (χ2v) is 2.47. The Kier molecular flexibility index (Phi) is 107. The van der Waals surface area contributed by atoms with Crippen molar-refractivity contribution >= 4 is 0 Å². The summed E-state index contributed by atoms with van der Waals surface area (Å²) in [5, 5.41) is 0. The quantitative estimate of drug-likeness (QED) is 0.478. The summed E-state index contributed by atoms with van der Waals surface area (Å²) >= 11 is 0. The van der Waals surface area contributed by atoms with Gasteiger partial charge in [0.15, 0.2) is 0 Å². The molecule has 13 heavy (non-hydrogen) atoms. The van der Waals surface area contributed by atoms with E-state index in [1.807, 2.05) is 20.8 Å². The second kappa shape index (κ2) is 60.3. The fraction of sp³-hybridized carbons (Fsp3) is 0.846. The van der Waals surface area contributed by atoms with Crippen molar-refractivity contribution in [1.82, 2.24) is 0 Å². The van der Waals surface area contributed by atoms with E-state index in [9.17, 15) is 0 Å². The lowest BCUT2D eigenvalue weighted by atomic mass is 10.3. The topological polar surface area (TPSA) is 0 Å². The SMILES string of the molecule is C=CC.CC.CCC.CCCCC. The van der Waals surface area contributed by atoms with Crippen molar-refractivity contribution < 1.29 is 0 Å². The smallest absolute Gasteiger partial charge is 0.0473 e. The molecule has 0 amide bonds. The Morgan fingerprint density at radius 3 is 1.08 bits per heavy atom. The normalized spacial score (nSPS) is 6.08. The van der Waals surface area contributed by atoms with Crippen LogP contribution in [0.1, 0.15) is 74.1 Å². The molecule has 0 radical (unpaired) electrons. The van der Waals surface area contributed by atoms with Gasteiger partial charge in [-0.15, -0.1) is 6.58 Å². The zero-order valence-electron chi connectivity index (χ0n) is 11.1.